The summed E-state index contributed by atoms with van der Waals surface area (Å²) in [5.74, 6) is -2.22. The summed E-state index contributed by atoms with van der Waals surface area (Å²) in [6, 6.07) is 0. The lowest BCUT2D eigenvalue weighted by atomic mass is 10.1. The second-order valence-corrected chi connectivity index (χ2v) is 9.67. The Balaban J connectivity index is 1.82. The average molecular weight is 339 g/mol. The van der Waals surface area contributed by atoms with Gasteiger partial charge in [0.2, 0.25) is 16.0 Å². The molecule has 0 spiro atoms. The number of hydrogen-bond donors (Lipinski definition) is 3. The Kier molecular flexibility index (Phi) is 4.00. The summed E-state index contributed by atoms with van der Waals surface area (Å²) in [6.45, 7) is 0. The van der Waals surface area contributed by atoms with Crippen LogP contribution in [0, 0.1) is 0 Å². The van der Waals surface area contributed by atoms with Crippen molar-refractivity contribution in [3.8, 4) is 0 Å². The van der Waals surface area contributed by atoms with Gasteiger partial charge in [0, 0.05) is 6.42 Å². The van der Waals surface area contributed by atoms with Crippen LogP contribution in [-0.2, 0) is 19.2 Å². The Hall–Kier alpha value is -0.520. The van der Waals surface area contributed by atoms with E-state index in [2.05, 4.69) is 5.32 Å². The van der Waals surface area contributed by atoms with Crippen molar-refractivity contribution in [3.05, 3.63) is 0 Å². The molecule has 0 aromatic rings. The largest absolute Gasteiger partial charge is 0.368 e. The van der Waals surface area contributed by atoms with Gasteiger partial charge in [-0.3, -0.25) is 19.2 Å². The topological polar surface area (TPSA) is 132 Å². The quantitative estimate of drug-likeness (QED) is 0.323. The SMILES string of the molecule is NC(=O)C1(CC(=O)CC(=O)NC2(C(N)=O)SS2)SS1. The summed E-state index contributed by atoms with van der Waals surface area (Å²) in [5, 5.41) is 2.39. The minimum Gasteiger partial charge on any atom is -0.368 e. The predicted octanol–water partition coefficient (Wildman–Crippen LogP) is -0.437. The monoisotopic (exact) mass is 339 g/mol. The highest BCUT2D eigenvalue weighted by atomic mass is 33.2. The molecule has 19 heavy (non-hydrogen) atoms. The molecule has 3 amide bonds. The molecule has 11 heteroatoms. The number of rotatable bonds is 7. The van der Waals surface area contributed by atoms with E-state index in [4.69, 9.17) is 11.5 Å². The maximum absolute atomic E-state index is 11.7. The Morgan fingerprint density at radius 2 is 1.53 bits per heavy atom. The van der Waals surface area contributed by atoms with Crippen molar-refractivity contribution in [3.63, 3.8) is 0 Å². The molecule has 2 heterocycles. The van der Waals surface area contributed by atoms with Gasteiger partial charge in [-0.1, -0.05) is 21.6 Å². The minimum atomic E-state index is -1.14. The fourth-order valence-electron chi connectivity index (χ4n) is 1.23. The van der Waals surface area contributed by atoms with Gasteiger partial charge in [-0.25, -0.2) is 0 Å². The second kappa shape index (κ2) is 5.11. The van der Waals surface area contributed by atoms with Gasteiger partial charge in [0.1, 0.15) is 5.78 Å². The summed E-state index contributed by atoms with van der Waals surface area (Å²) < 4.78 is -2.05. The van der Waals surface area contributed by atoms with Gasteiger partial charge in [-0.15, -0.1) is 0 Å². The molecule has 0 aromatic carbocycles. The summed E-state index contributed by atoms with van der Waals surface area (Å²) in [6.07, 6.45) is -0.485. The second-order valence-electron chi connectivity index (χ2n) is 3.87. The van der Waals surface area contributed by atoms with Crippen LogP contribution in [0.15, 0.2) is 0 Å². The van der Waals surface area contributed by atoms with Crippen LogP contribution in [-0.4, -0.2) is 31.8 Å². The third kappa shape index (κ3) is 3.33. The Morgan fingerprint density at radius 3 is 1.89 bits per heavy atom. The molecule has 0 saturated carbocycles. The molecule has 0 aliphatic carbocycles. The maximum Gasteiger partial charge on any atom is 0.266 e. The number of ketones is 1. The van der Waals surface area contributed by atoms with E-state index in [1.165, 1.54) is 21.6 Å². The van der Waals surface area contributed by atoms with E-state index in [1.807, 2.05) is 0 Å². The highest BCUT2D eigenvalue weighted by Crippen LogP contribution is 2.66. The summed E-state index contributed by atoms with van der Waals surface area (Å²) in [7, 11) is 4.69. The summed E-state index contributed by atoms with van der Waals surface area (Å²) >= 11 is 0. The highest BCUT2D eigenvalue weighted by molar-refractivity contribution is 8.94. The van der Waals surface area contributed by atoms with Crippen molar-refractivity contribution >= 4 is 66.7 Å². The molecular formula is C8H9N3O4S4. The lowest BCUT2D eigenvalue weighted by molar-refractivity contribution is -0.131. The number of carbonyl (C=O) groups is 4. The lowest BCUT2D eigenvalue weighted by Crippen LogP contribution is -2.45. The lowest BCUT2D eigenvalue weighted by Gasteiger charge is -2.10. The number of carbonyl (C=O) groups excluding carboxylic acids is 4. The van der Waals surface area contributed by atoms with Crippen LogP contribution in [0.5, 0.6) is 0 Å². The van der Waals surface area contributed by atoms with Crippen molar-refractivity contribution in [2.45, 2.75) is 21.1 Å². The first-order valence-corrected chi connectivity index (χ1v) is 9.26. The van der Waals surface area contributed by atoms with Crippen LogP contribution in [0.4, 0.5) is 0 Å². The van der Waals surface area contributed by atoms with Crippen molar-refractivity contribution < 1.29 is 19.2 Å². The molecule has 0 bridgehead atoms. The zero-order valence-corrected chi connectivity index (χ0v) is 12.6. The fraction of sp³-hybridized carbons (Fsp3) is 0.500. The first-order chi connectivity index (χ1) is 8.80. The third-order valence-electron chi connectivity index (χ3n) is 2.33. The Labute approximate surface area is 123 Å². The van der Waals surface area contributed by atoms with E-state index < -0.39 is 38.2 Å². The molecule has 0 unspecified atom stereocenters. The van der Waals surface area contributed by atoms with Gasteiger partial charge in [-0.2, -0.15) is 0 Å². The molecule has 2 aliphatic heterocycles. The van der Waals surface area contributed by atoms with Gasteiger partial charge in [0.05, 0.1) is 6.42 Å². The molecule has 104 valence electrons. The molecular weight excluding hydrogens is 330 g/mol. The number of nitrogens with one attached hydrogen (secondary N) is 1. The first kappa shape index (κ1) is 14.9. The standard InChI is InChI=1S/C8H9N3O4S4/c9-5(14)7(16-17-7)2-3(12)1-4(13)11-8(6(10)15)18-19-8/h1-2H2,(H2,9,14)(H2,10,15)(H,11,13). The van der Waals surface area contributed by atoms with Gasteiger partial charge in [0.25, 0.3) is 5.91 Å². The van der Waals surface area contributed by atoms with Crippen molar-refractivity contribution in [2.24, 2.45) is 11.5 Å². The molecule has 7 nitrogen and oxygen atoms in total. The molecule has 2 fully saturated rings. The van der Waals surface area contributed by atoms with Gasteiger partial charge >= 0.3 is 0 Å². The van der Waals surface area contributed by atoms with Crippen LogP contribution in [0.3, 0.4) is 0 Å². The van der Waals surface area contributed by atoms with Crippen LogP contribution < -0.4 is 16.8 Å². The number of hydrogen-bond acceptors (Lipinski definition) is 8. The van der Waals surface area contributed by atoms with E-state index >= 15 is 0 Å². The van der Waals surface area contributed by atoms with Crippen LogP contribution in [0.2, 0.25) is 0 Å². The molecule has 5 N–H and O–H groups in total. The first-order valence-electron chi connectivity index (χ1n) is 4.96. The Bertz CT molecular complexity index is 433. The number of primary amides is 2. The molecule has 0 radical (unpaired) electrons. The summed E-state index contributed by atoms with van der Waals surface area (Å²) in [5.41, 5.74) is 10.3. The minimum absolute atomic E-state index is 0.0883. The number of Topliss-reactive ketones (excluding diaryl/α,β-unsaturated/α-hetero) is 1. The van der Waals surface area contributed by atoms with Gasteiger partial charge in [-0.05, 0) is 21.6 Å². The molecule has 0 atom stereocenters. The smallest absolute Gasteiger partial charge is 0.266 e. The maximum atomic E-state index is 11.7. The molecule has 2 saturated heterocycles. The molecule has 2 rings (SSSR count). The van der Waals surface area contributed by atoms with E-state index in [1.54, 1.807) is 0 Å². The van der Waals surface area contributed by atoms with E-state index in [-0.39, 0.29) is 6.42 Å². The van der Waals surface area contributed by atoms with Crippen molar-refractivity contribution in [1.82, 2.24) is 5.32 Å². The number of amides is 3. The highest BCUT2D eigenvalue weighted by Gasteiger charge is 2.55. The van der Waals surface area contributed by atoms with E-state index in [0.29, 0.717) is 0 Å². The van der Waals surface area contributed by atoms with Gasteiger partial charge < -0.3 is 16.8 Å². The van der Waals surface area contributed by atoms with Gasteiger partial charge in [0.15, 0.2) is 4.08 Å². The van der Waals surface area contributed by atoms with Crippen LogP contribution in [0.25, 0.3) is 0 Å². The average Bonchev–Trinajstić information content (AvgIpc) is 3.13. The van der Waals surface area contributed by atoms with Crippen LogP contribution >= 0.6 is 43.2 Å². The van der Waals surface area contributed by atoms with Crippen LogP contribution in [0.1, 0.15) is 12.8 Å². The Morgan fingerprint density at radius 1 is 0.947 bits per heavy atom. The van der Waals surface area contributed by atoms with Crippen molar-refractivity contribution in [2.75, 3.05) is 0 Å². The normalized spacial score (nSPS) is 21.3. The fourth-order valence-corrected chi connectivity index (χ4v) is 4.64. The third-order valence-corrected chi connectivity index (χ3v) is 7.90. The summed E-state index contributed by atoms with van der Waals surface area (Å²) in [4.78, 5) is 45.4. The zero-order chi connectivity index (χ0) is 14.3. The zero-order valence-electron chi connectivity index (χ0n) is 9.33. The predicted molar refractivity (Wildman–Crippen MR) is 76.6 cm³/mol. The van der Waals surface area contributed by atoms with E-state index in [9.17, 15) is 19.2 Å². The van der Waals surface area contributed by atoms with Crippen molar-refractivity contribution in [1.29, 1.82) is 0 Å². The molecule has 2 aliphatic rings. The number of nitrogens with two attached hydrogens (primary N) is 2. The molecule has 0 aromatic heterocycles. The van der Waals surface area contributed by atoms with E-state index in [0.717, 1.165) is 21.6 Å².